The van der Waals surface area contributed by atoms with Crippen molar-refractivity contribution < 1.29 is 9.13 Å². The van der Waals surface area contributed by atoms with Gasteiger partial charge in [0.05, 0.1) is 13.3 Å². The zero-order valence-electron chi connectivity index (χ0n) is 27.0. The van der Waals surface area contributed by atoms with Crippen LogP contribution in [0.25, 0.3) is 12.2 Å². The summed E-state index contributed by atoms with van der Waals surface area (Å²) in [5.41, 5.74) is 3.51. The minimum Gasteiger partial charge on any atom is -0.494 e. The SMILES string of the molecule is CNc1ccc(/C=C/c2ccc(OCCCCCCCCCCCCCCCCCCCCCCCCF)cc2)cc1. The number of anilines is 1. The third-order valence-electron chi connectivity index (χ3n) is 8.34. The highest BCUT2D eigenvalue weighted by atomic mass is 19.1. The van der Waals surface area contributed by atoms with Crippen molar-refractivity contribution in [2.45, 2.75) is 141 Å². The topological polar surface area (TPSA) is 21.3 Å². The molecule has 0 fully saturated rings. The quantitative estimate of drug-likeness (QED) is 0.0799. The molecule has 2 nitrogen and oxygen atoms in total. The lowest BCUT2D eigenvalue weighted by Crippen LogP contribution is -1.97. The Kier molecular flexibility index (Phi) is 22.5. The number of alkyl halides is 1. The van der Waals surface area contributed by atoms with Gasteiger partial charge in [-0.3, -0.25) is 4.39 Å². The number of rotatable bonds is 28. The minimum atomic E-state index is -0.136. The van der Waals surface area contributed by atoms with Crippen molar-refractivity contribution in [3.63, 3.8) is 0 Å². The van der Waals surface area contributed by atoms with Crippen molar-refractivity contribution >= 4 is 17.8 Å². The number of hydrogen-bond acceptors (Lipinski definition) is 2. The van der Waals surface area contributed by atoms with Gasteiger partial charge in [-0.15, -0.1) is 0 Å². The first kappa shape index (κ1) is 35.9. The largest absolute Gasteiger partial charge is 0.494 e. The summed E-state index contributed by atoms with van der Waals surface area (Å²) in [5, 5.41) is 3.15. The Morgan fingerprint density at radius 2 is 0.810 bits per heavy atom. The Balaban J connectivity index is 1.29. The fraction of sp³-hybridized carbons (Fsp3) is 0.641. The lowest BCUT2D eigenvalue weighted by molar-refractivity contribution is 0.304. The molecule has 3 heteroatoms. The zero-order valence-corrected chi connectivity index (χ0v) is 27.0. The number of benzene rings is 2. The molecule has 2 rings (SSSR count). The van der Waals surface area contributed by atoms with Crippen LogP contribution in [0.15, 0.2) is 48.5 Å². The molecule has 0 aromatic heterocycles. The van der Waals surface area contributed by atoms with E-state index in [1.165, 1.54) is 133 Å². The van der Waals surface area contributed by atoms with Gasteiger partial charge < -0.3 is 10.1 Å². The van der Waals surface area contributed by atoms with Gasteiger partial charge in [-0.25, -0.2) is 0 Å². The molecule has 0 radical (unpaired) electrons. The van der Waals surface area contributed by atoms with Crippen molar-refractivity contribution in [2.75, 3.05) is 25.6 Å². The van der Waals surface area contributed by atoms with E-state index in [9.17, 15) is 4.39 Å². The van der Waals surface area contributed by atoms with Gasteiger partial charge in [-0.05, 0) is 48.2 Å². The molecule has 42 heavy (non-hydrogen) atoms. The summed E-state index contributed by atoms with van der Waals surface area (Å²) in [4.78, 5) is 0. The molecular weight excluding hydrogens is 517 g/mol. The van der Waals surface area contributed by atoms with Crippen LogP contribution in [0.5, 0.6) is 5.75 Å². The fourth-order valence-corrected chi connectivity index (χ4v) is 5.55. The molecule has 1 N–H and O–H groups in total. The monoisotopic (exact) mass is 579 g/mol. The molecule has 0 aliphatic rings. The predicted molar refractivity (Wildman–Crippen MR) is 184 cm³/mol. The average molecular weight is 580 g/mol. The van der Waals surface area contributed by atoms with Gasteiger partial charge in [0.25, 0.3) is 0 Å². The van der Waals surface area contributed by atoms with Crippen LogP contribution < -0.4 is 10.1 Å². The van der Waals surface area contributed by atoms with E-state index >= 15 is 0 Å². The predicted octanol–water partition coefficient (Wildman–Crippen LogP) is 12.8. The lowest BCUT2D eigenvalue weighted by Gasteiger charge is -2.07. The van der Waals surface area contributed by atoms with Crippen LogP contribution in [0.3, 0.4) is 0 Å². The van der Waals surface area contributed by atoms with Gasteiger partial charge >= 0.3 is 0 Å². The second-order valence-electron chi connectivity index (χ2n) is 12.1. The number of halogens is 1. The fourth-order valence-electron chi connectivity index (χ4n) is 5.55. The molecule has 0 spiro atoms. The molecule has 0 atom stereocenters. The Morgan fingerprint density at radius 3 is 1.17 bits per heavy atom. The normalized spacial score (nSPS) is 11.4. The average Bonchev–Trinajstić information content (AvgIpc) is 3.03. The maximum atomic E-state index is 12.0. The highest BCUT2D eigenvalue weighted by molar-refractivity contribution is 5.70. The van der Waals surface area contributed by atoms with E-state index in [0.717, 1.165) is 37.3 Å². The molecule has 0 saturated carbocycles. The Bertz CT molecular complexity index is 876. The first-order valence-electron chi connectivity index (χ1n) is 17.6. The molecule has 0 saturated heterocycles. The van der Waals surface area contributed by atoms with Crippen molar-refractivity contribution in [3.05, 3.63) is 59.7 Å². The van der Waals surface area contributed by atoms with E-state index in [1.807, 2.05) is 7.05 Å². The molecule has 236 valence electrons. The molecule has 0 unspecified atom stereocenters. The number of nitrogens with one attached hydrogen (secondary N) is 1. The van der Waals surface area contributed by atoms with E-state index in [0.29, 0.717) is 0 Å². The van der Waals surface area contributed by atoms with E-state index in [1.54, 1.807) is 0 Å². The first-order valence-corrected chi connectivity index (χ1v) is 17.6. The van der Waals surface area contributed by atoms with Gasteiger partial charge in [0.1, 0.15) is 5.75 Å². The third-order valence-corrected chi connectivity index (χ3v) is 8.34. The second-order valence-corrected chi connectivity index (χ2v) is 12.1. The molecule has 0 amide bonds. The van der Waals surface area contributed by atoms with E-state index in [-0.39, 0.29) is 6.67 Å². The van der Waals surface area contributed by atoms with E-state index < -0.39 is 0 Å². The smallest absolute Gasteiger partial charge is 0.119 e. The number of hydrogen-bond donors (Lipinski definition) is 1. The molecule has 0 aliphatic carbocycles. The summed E-state index contributed by atoms with van der Waals surface area (Å²) in [5.74, 6) is 0.968. The highest BCUT2D eigenvalue weighted by Crippen LogP contribution is 2.18. The van der Waals surface area contributed by atoms with Crippen LogP contribution >= 0.6 is 0 Å². The van der Waals surface area contributed by atoms with Crippen LogP contribution in [-0.4, -0.2) is 20.3 Å². The Hall–Kier alpha value is -2.29. The van der Waals surface area contributed by atoms with E-state index in [4.69, 9.17) is 4.74 Å². The van der Waals surface area contributed by atoms with Crippen LogP contribution in [0.1, 0.15) is 152 Å². The molecule has 0 bridgehead atoms. The van der Waals surface area contributed by atoms with Gasteiger partial charge in [0, 0.05) is 12.7 Å². The number of unbranched alkanes of at least 4 members (excludes halogenated alkanes) is 21. The Labute approximate surface area is 258 Å². The van der Waals surface area contributed by atoms with E-state index in [2.05, 4.69) is 66.0 Å². The van der Waals surface area contributed by atoms with Crippen LogP contribution in [-0.2, 0) is 0 Å². The minimum absolute atomic E-state index is 0.136. The summed E-state index contributed by atoms with van der Waals surface area (Å²) in [6, 6.07) is 16.8. The summed E-state index contributed by atoms with van der Waals surface area (Å²) < 4.78 is 18.0. The zero-order chi connectivity index (χ0) is 29.8. The van der Waals surface area contributed by atoms with Crippen LogP contribution in [0.4, 0.5) is 10.1 Å². The van der Waals surface area contributed by atoms with Crippen LogP contribution in [0, 0.1) is 0 Å². The summed E-state index contributed by atoms with van der Waals surface area (Å²) >= 11 is 0. The van der Waals surface area contributed by atoms with Crippen molar-refractivity contribution in [3.8, 4) is 5.75 Å². The standard InChI is InChI=1S/C39H62FNO/c1-41-38-30-26-36(27-31-38)24-25-37-28-32-39(33-29-37)42-35-23-21-19-17-15-13-11-9-7-5-3-2-4-6-8-10-12-14-16-18-20-22-34-40/h24-33,41H,2-23,34-35H2,1H3/b25-24+. The molecule has 2 aromatic carbocycles. The molecule has 0 aliphatic heterocycles. The van der Waals surface area contributed by atoms with Gasteiger partial charge in [0.2, 0.25) is 0 Å². The van der Waals surface area contributed by atoms with Crippen LogP contribution in [0.2, 0.25) is 0 Å². The molecule has 0 heterocycles. The van der Waals surface area contributed by atoms with Gasteiger partial charge in [0.15, 0.2) is 0 Å². The van der Waals surface area contributed by atoms with Gasteiger partial charge in [-0.1, -0.05) is 165 Å². The Morgan fingerprint density at radius 1 is 0.476 bits per heavy atom. The van der Waals surface area contributed by atoms with Crippen molar-refractivity contribution in [2.24, 2.45) is 0 Å². The second kappa shape index (κ2) is 26.3. The maximum Gasteiger partial charge on any atom is 0.119 e. The molecule has 2 aromatic rings. The number of ether oxygens (including phenoxy) is 1. The van der Waals surface area contributed by atoms with Crippen molar-refractivity contribution in [1.82, 2.24) is 0 Å². The molecular formula is C39H62FNO. The lowest BCUT2D eigenvalue weighted by atomic mass is 10.0. The van der Waals surface area contributed by atoms with Crippen molar-refractivity contribution in [1.29, 1.82) is 0 Å². The summed E-state index contributed by atoms with van der Waals surface area (Å²) in [6.07, 6.45) is 33.6. The maximum absolute atomic E-state index is 12.0. The third kappa shape index (κ3) is 19.8. The first-order chi connectivity index (χ1) is 20.8. The highest BCUT2D eigenvalue weighted by Gasteiger charge is 1.98. The summed E-state index contributed by atoms with van der Waals surface area (Å²) in [6.45, 7) is 0.680. The summed E-state index contributed by atoms with van der Waals surface area (Å²) in [7, 11) is 1.94. The van der Waals surface area contributed by atoms with Gasteiger partial charge in [-0.2, -0.15) is 0 Å².